The molecule has 33 heavy (non-hydrogen) atoms. The molecule has 1 unspecified atom stereocenters. The maximum Gasteiger partial charge on any atom is 0.316 e. The van der Waals surface area contributed by atoms with Crippen LogP contribution in [0.3, 0.4) is 0 Å². The van der Waals surface area contributed by atoms with E-state index >= 15 is 0 Å². The molecular formula is C25H31ClNO5P. The zero-order chi connectivity index (χ0) is 23.3. The fourth-order valence-corrected chi connectivity index (χ4v) is 4.04. The summed E-state index contributed by atoms with van der Waals surface area (Å²) in [5.74, 6) is 1.58. The molecule has 0 amide bonds. The Morgan fingerprint density at radius 1 is 0.970 bits per heavy atom. The molecule has 3 rings (SSSR count). The van der Waals surface area contributed by atoms with Crippen molar-refractivity contribution in [3.8, 4) is 17.1 Å². The predicted octanol–water partition coefficient (Wildman–Crippen LogP) is 6.27. The smallest absolute Gasteiger partial charge is 0.316 e. The maximum absolute atomic E-state index is 10.5. The second kappa shape index (κ2) is 14.2. The van der Waals surface area contributed by atoms with E-state index in [1.54, 1.807) is 6.26 Å². The van der Waals surface area contributed by atoms with E-state index < -0.39 is 8.25 Å². The number of hydrogen-bond acceptors (Lipinski definition) is 5. The van der Waals surface area contributed by atoms with Crippen LogP contribution in [-0.2, 0) is 22.1 Å². The number of furan rings is 1. The number of aryl methyl sites for hydroxylation is 1. The van der Waals surface area contributed by atoms with Gasteiger partial charge in [0.15, 0.2) is 0 Å². The second-order valence-corrected chi connectivity index (χ2v) is 9.00. The van der Waals surface area contributed by atoms with Crippen LogP contribution in [0, 0.1) is 0 Å². The van der Waals surface area contributed by atoms with Crippen LogP contribution in [0.1, 0.15) is 36.8 Å². The largest absolute Gasteiger partial charge is 0.493 e. The van der Waals surface area contributed by atoms with Crippen molar-refractivity contribution in [1.29, 1.82) is 0 Å². The predicted molar refractivity (Wildman–Crippen MR) is 132 cm³/mol. The van der Waals surface area contributed by atoms with Gasteiger partial charge in [-0.3, -0.25) is 4.57 Å². The summed E-state index contributed by atoms with van der Waals surface area (Å²) in [5.41, 5.74) is 3.30. The van der Waals surface area contributed by atoms with Crippen molar-refractivity contribution < 1.29 is 23.1 Å². The normalized spacial score (nSPS) is 12.1. The lowest BCUT2D eigenvalue weighted by Gasteiger charge is -2.13. The lowest BCUT2D eigenvalue weighted by molar-refractivity contribution is 0.276. The Morgan fingerprint density at radius 2 is 1.88 bits per heavy atom. The molecule has 2 N–H and O–H groups in total. The Bertz CT molecular complexity index is 996. The first-order valence-corrected chi connectivity index (χ1v) is 12.9. The fraction of sp³-hybridized carbons (Fsp3) is 0.360. The first-order chi connectivity index (χ1) is 16.1. The molecule has 0 aliphatic carbocycles. The minimum Gasteiger partial charge on any atom is -0.493 e. The van der Waals surface area contributed by atoms with Gasteiger partial charge in [0.2, 0.25) is 0 Å². The van der Waals surface area contributed by atoms with E-state index in [4.69, 9.17) is 30.2 Å². The Labute approximate surface area is 200 Å². The topological polar surface area (TPSA) is 80.9 Å². The minimum atomic E-state index is -2.84. The summed E-state index contributed by atoms with van der Waals surface area (Å²) in [5, 5.41) is 4.10. The number of unbranched alkanes of at least 4 members (excludes halogenated alkanes) is 2. The number of nitrogens with one attached hydrogen (secondary N) is 1. The molecule has 0 fully saturated rings. The first-order valence-electron chi connectivity index (χ1n) is 11.2. The molecule has 2 aromatic carbocycles. The number of ether oxygens (including phenoxy) is 1. The average Bonchev–Trinajstić information content (AvgIpc) is 3.34. The summed E-state index contributed by atoms with van der Waals surface area (Å²) in [6, 6.07) is 17.9. The van der Waals surface area contributed by atoms with Gasteiger partial charge in [-0.25, -0.2) is 0 Å². The van der Waals surface area contributed by atoms with Gasteiger partial charge in [0.1, 0.15) is 11.5 Å². The van der Waals surface area contributed by atoms with Crippen LogP contribution in [0.4, 0.5) is 0 Å². The van der Waals surface area contributed by atoms with Crippen molar-refractivity contribution in [2.75, 3.05) is 19.8 Å². The van der Waals surface area contributed by atoms with Gasteiger partial charge in [0.25, 0.3) is 0 Å². The fourth-order valence-electron chi connectivity index (χ4n) is 3.51. The van der Waals surface area contributed by atoms with Crippen molar-refractivity contribution in [2.45, 2.75) is 38.6 Å². The lowest BCUT2D eigenvalue weighted by Crippen LogP contribution is -2.16. The number of rotatable bonds is 15. The molecule has 0 aliphatic rings. The third-order valence-electron chi connectivity index (χ3n) is 5.14. The molecule has 0 bridgehead atoms. The lowest BCUT2D eigenvalue weighted by atomic mass is 10.1. The molecule has 3 aromatic rings. The Balaban J connectivity index is 1.45. The molecule has 8 heteroatoms. The molecule has 178 valence electrons. The van der Waals surface area contributed by atoms with E-state index in [1.807, 2.05) is 42.5 Å². The molecule has 1 atom stereocenters. The van der Waals surface area contributed by atoms with Crippen molar-refractivity contribution >= 4 is 19.9 Å². The van der Waals surface area contributed by atoms with E-state index in [-0.39, 0.29) is 6.61 Å². The maximum atomic E-state index is 10.5. The molecule has 1 aromatic heterocycles. The SMILES string of the molecule is O=[PH](O)OCCCNCc1ccc(OCCCCCc2cccc(Cl)c2)c(-c2ccco2)c1. The number of hydrogen-bond donors (Lipinski definition) is 2. The van der Waals surface area contributed by atoms with Crippen LogP contribution < -0.4 is 10.1 Å². The second-order valence-electron chi connectivity index (χ2n) is 7.74. The summed E-state index contributed by atoms with van der Waals surface area (Å²) in [6.07, 6.45) is 6.50. The van der Waals surface area contributed by atoms with E-state index in [9.17, 15) is 4.57 Å². The highest BCUT2D eigenvalue weighted by Crippen LogP contribution is 2.32. The molecule has 6 nitrogen and oxygen atoms in total. The van der Waals surface area contributed by atoms with Crippen molar-refractivity contribution in [1.82, 2.24) is 5.32 Å². The molecule has 0 saturated heterocycles. The Kier molecular flexibility index (Phi) is 11.0. The third kappa shape index (κ3) is 9.36. The molecule has 0 saturated carbocycles. The summed E-state index contributed by atoms with van der Waals surface area (Å²) in [7, 11) is -2.84. The zero-order valence-corrected chi connectivity index (χ0v) is 20.4. The molecular weight excluding hydrogens is 461 g/mol. The van der Waals surface area contributed by atoms with Crippen molar-refractivity contribution in [3.63, 3.8) is 0 Å². The Hall–Kier alpha value is -2.08. The van der Waals surface area contributed by atoms with Crippen LogP contribution in [0.2, 0.25) is 5.02 Å². The molecule has 0 aliphatic heterocycles. The third-order valence-corrected chi connectivity index (χ3v) is 5.83. The summed E-state index contributed by atoms with van der Waals surface area (Å²) in [4.78, 5) is 8.67. The number of halogens is 1. The van der Waals surface area contributed by atoms with E-state index in [2.05, 4.69) is 17.4 Å². The molecule has 0 spiro atoms. The van der Waals surface area contributed by atoms with Gasteiger partial charge in [-0.15, -0.1) is 0 Å². The van der Waals surface area contributed by atoms with Crippen LogP contribution in [0.15, 0.2) is 65.3 Å². The summed E-state index contributed by atoms with van der Waals surface area (Å²) in [6.45, 7) is 2.28. The van der Waals surface area contributed by atoms with Gasteiger partial charge < -0.3 is 23.9 Å². The first kappa shape index (κ1) is 25.5. The average molecular weight is 492 g/mol. The number of benzene rings is 2. The van der Waals surface area contributed by atoms with Gasteiger partial charge >= 0.3 is 8.25 Å². The van der Waals surface area contributed by atoms with Crippen LogP contribution in [0.5, 0.6) is 5.75 Å². The quantitative estimate of drug-likeness (QED) is 0.192. The standard InChI is InChI=1S/C25H31ClNO5P/c26-22-9-4-8-20(17-22)7-2-1-3-14-30-25-12-11-21(18-23(25)24-10-5-15-31-24)19-27-13-6-16-32-33(28)29/h4-5,8-12,15,17-18,27,33H,1-3,6-7,13-14,16,19H2,(H,28,29). The summed E-state index contributed by atoms with van der Waals surface area (Å²) < 4.78 is 27.0. The molecule has 0 radical (unpaired) electrons. The van der Waals surface area contributed by atoms with Crippen LogP contribution in [-0.4, -0.2) is 24.7 Å². The highest BCUT2D eigenvalue weighted by molar-refractivity contribution is 7.32. The Morgan fingerprint density at radius 3 is 2.67 bits per heavy atom. The summed E-state index contributed by atoms with van der Waals surface area (Å²) >= 11 is 6.05. The monoisotopic (exact) mass is 491 g/mol. The van der Waals surface area contributed by atoms with Gasteiger partial charge in [-0.05, 0) is 86.2 Å². The minimum absolute atomic E-state index is 0.269. The highest BCUT2D eigenvalue weighted by atomic mass is 35.5. The van der Waals surface area contributed by atoms with Gasteiger partial charge in [0.05, 0.1) is 25.0 Å². The van der Waals surface area contributed by atoms with Gasteiger partial charge in [-0.2, -0.15) is 0 Å². The highest BCUT2D eigenvalue weighted by Gasteiger charge is 2.10. The molecule has 1 heterocycles. The van der Waals surface area contributed by atoms with Gasteiger partial charge in [-0.1, -0.05) is 29.8 Å². The van der Waals surface area contributed by atoms with E-state index in [1.165, 1.54) is 5.56 Å². The van der Waals surface area contributed by atoms with Crippen LogP contribution in [0.25, 0.3) is 11.3 Å². The van der Waals surface area contributed by atoms with Gasteiger partial charge in [0, 0.05) is 11.6 Å². The van der Waals surface area contributed by atoms with E-state index in [0.717, 1.165) is 53.3 Å². The van der Waals surface area contributed by atoms with Crippen molar-refractivity contribution in [3.05, 3.63) is 77.0 Å². The zero-order valence-electron chi connectivity index (χ0n) is 18.6. The van der Waals surface area contributed by atoms with E-state index in [0.29, 0.717) is 26.1 Å². The van der Waals surface area contributed by atoms with Crippen LogP contribution >= 0.6 is 19.9 Å². The van der Waals surface area contributed by atoms with Crippen molar-refractivity contribution in [2.24, 2.45) is 0 Å².